The molecule has 1 aliphatic rings. The van der Waals surface area contributed by atoms with Crippen LogP contribution in [0.25, 0.3) is 45.0 Å². The molecular formula is C37H33N7O. The summed E-state index contributed by atoms with van der Waals surface area (Å²) in [4.78, 5) is 37.2. The van der Waals surface area contributed by atoms with Crippen LogP contribution in [-0.4, -0.2) is 42.4 Å². The molecule has 222 valence electrons. The molecule has 3 aromatic carbocycles. The number of nitrogens with one attached hydrogen (secondary N) is 2. The Balaban J connectivity index is 1.17. The van der Waals surface area contributed by atoms with Crippen LogP contribution in [0.2, 0.25) is 0 Å². The number of urea groups is 1. The molecule has 0 unspecified atom stereocenters. The lowest BCUT2D eigenvalue weighted by Crippen LogP contribution is -2.39. The monoisotopic (exact) mass is 591 g/mol. The second-order valence-corrected chi connectivity index (χ2v) is 11.3. The van der Waals surface area contributed by atoms with Crippen LogP contribution < -0.4 is 5.32 Å². The number of fused-ring (bicyclic) bond motifs is 1. The molecule has 0 spiro atoms. The predicted octanol–water partition coefficient (Wildman–Crippen LogP) is 7.72. The molecule has 0 fully saturated rings. The van der Waals surface area contributed by atoms with E-state index in [1.165, 1.54) is 0 Å². The third-order valence-corrected chi connectivity index (χ3v) is 8.33. The maximum Gasteiger partial charge on any atom is 0.322 e. The summed E-state index contributed by atoms with van der Waals surface area (Å²) in [7, 11) is 0. The standard InChI is InChI=1S/C37H33N7O/c1-3-25-17-29(26-10-12-27(13-11-26)34-21-39-23-40-34)19-30(18-25)41-37(45)44-16-14-33-32(22-44)35(31-9-5-4-7-24(31)2)43-36(42-33)28-8-6-15-38-20-28/h4-13,15,17-21,23H,3,14,16,22H2,1-2H3,(H,39,40)(H,41,45). The van der Waals surface area contributed by atoms with Gasteiger partial charge in [-0.3, -0.25) is 4.98 Å². The number of pyridine rings is 1. The van der Waals surface area contributed by atoms with Gasteiger partial charge in [0.25, 0.3) is 0 Å². The summed E-state index contributed by atoms with van der Waals surface area (Å²) >= 11 is 0. The van der Waals surface area contributed by atoms with Gasteiger partial charge in [-0.1, -0.05) is 61.5 Å². The first-order chi connectivity index (χ1) is 22.1. The summed E-state index contributed by atoms with van der Waals surface area (Å²) in [5.74, 6) is 0.652. The van der Waals surface area contributed by atoms with Crippen molar-refractivity contribution < 1.29 is 4.79 Å². The maximum atomic E-state index is 13.8. The molecule has 0 atom stereocenters. The van der Waals surface area contributed by atoms with E-state index in [1.807, 2.05) is 41.4 Å². The molecule has 4 heterocycles. The Morgan fingerprint density at radius 3 is 2.53 bits per heavy atom. The normalized spacial score (nSPS) is 12.5. The average Bonchev–Trinajstić information content (AvgIpc) is 3.63. The molecule has 1 aliphatic heterocycles. The third kappa shape index (κ3) is 5.82. The Morgan fingerprint density at radius 1 is 0.933 bits per heavy atom. The first-order valence-electron chi connectivity index (χ1n) is 15.2. The predicted molar refractivity (Wildman–Crippen MR) is 177 cm³/mol. The van der Waals surface area contributed by atoms with Crippen molar-refractivity contribution >= 4 is 11.7 Å². The van der Waals surface area contributed by atoms with Crippen LogP contribution in [0.5, 0.6) is 0 Å². The van der Waals surface area contributed by atoms with E-state index in [0.717, 1.165) is 73.7 Å². The van der Waals surface area contributed by atoms with Crippen LogP contribution in [0.15, 0.2) is 104 Å². The van der Waals surface area contributed by atoms with Gasteiger partial charge in [0.2, 0.25) is 0 Å². The van der Waals surface area contributed by atoms with Crippen molar-refractivity contribution in [2.45, 2.75) is 33.2 Å². The minimum atomic E-state index is -0.138. The van der Waals surface area contributed by atoms with Crippen molar-refractivity contribution in [3.63, 3.8) is 0 Å². The number of benzene rings is 3. The highest BCUT2D eigenvalue weighted by atomic mass is 16.2. The maximum absolute atomic E-state index is 13.8. The molecule has 0 saturated heterocycles. The van der Waals surface area contributed by atoms with E-state index in [0.29, 0.717) is 25.3 Å². The lowest BCUT2D eigenvalue weighted by molar-refractivity contribution is 0.206. The number of aromatic nitrogens is 5. The van der Waals surface area contributed by atoms with E-state index in [-0.39, 0.29) is 6.03 Å². The van der Waals surface area contributed by atoms with Crippen LogP contribution in [-0.2, 0) is 19.4 Å². The van der Waals surface area contributed by atoms with Crippen LogP contribution >= 0.6 is 0 Å². The van der Waals surface area contributed by atoms with Gasteiger partial charge in [-0.15, -0.1) is 0 Å². The lowest BCUT2D eigenvalue weighted by Gasteiger charge is -2.30. The summed E-state index contributed by atoms with van der Waals surface area (Å²) in [6, 6.07) is 26.6. The highest BCUT2D eigenvalue weighted by molar-refractivity contribution is 5.91. The molecule has 0 bridgehead atoms. The number of H-pyrrole nitrogens is 1. The molecule has 0 saturated carbocycles. The van der Waals surface area contributed by atoms with Gasteiger partial charge in [0, 0.05) is 59.5 Å². The van der Waals surface area contributed by atoms with E-state index in [2.05, 4.69) is 82.6 Å². The largest absolute Gasteiger partial charge is 0.351 e. The minimum absolute atomic E-state index is 0.138. The summed E-state index contributed by atoms with van der Waals surface area (Å²) in [6.45, 7) is 5.20. The van der Waals surface area contributed by atoms with Gasteiger partial charge >= 0.3 is 6.03 Å². The van der Waals surface area contributed by atoms with Crippen LogP contribution in [0.3, 0.4) is 0 Å². The van der Waals surface area contributed by atoms with Gasteiger partial charge in [0.1, 0.15) is 0 Å². The van der Waals surface area contributed by atoms with Gasteiger partial charge < -0.3 is 15.2 Å². The van der Waals surface area contributed by atoms with E-state index in [4.69, 9.17) is 9.97 Å². The molecule has 8 heteroatoms. The van der Waals surface area contributed by atoms with E-state index < -0.39 is 0 Å². The first kappa shape index (κ1) is 28.2. The Kier molecular flexibility index (Phi) is 7.61. The van der Waals surface area contributed by atoms with Gasteiger partial charge in [-0.2, -0.15) is 0 Å². The topological polar surface area (TPSA) is 99.7 Å². The number of aryl methyl sites for hydroxylation is 2. The molecule has 7 rings (SSSR count). The lowest BCUT2D eigenvalue weighted by atomic mass is 9.96. The smallest absolute Gasteiger partial charge is 0.322 e. The number of imidazole rings is 1. The van der Waals surface area contributed by atoms with Crippen LogP contribution in [0.1, 0.15) is 29.3 Å². The molecule has 2 N–H and O–H groups in total. The molecule has 45 heavy (non-hydrogen) atoms. The number of rotatable bonds is 6. The van der Waals surface area contributed by atoms with Gasteiger partial charge in [-0.25, -0.2) is 19.7 Å². The van der Waals surface area contributed by atoms with Gasteiger partial charge in [0.05, 0.1) is 30.0 Å². The van der Waals surface area contributed by atoms with Gasteiger partial charge in [-0.05, 0) is 59.9 Å². The molecule has 0 radical (unpaired) electrons. The van der Waals surface area contributed by atoms with Gasteiger partial charge in [0.15, 0.2) is 5.82 Å². The van der Waals surface area contributed by atoms with E-state index in [1.54, 1.807) is 18.7 Å². The van der Waals surface area contributed by atoms with Crippen LogP contribution in [0.4, 0.5) is 10.5 Å². The van der Waals surface area contributed by atoms with Crippen molar-refractivity contribution in [2.24, 2.45) is 0 Å². The molecule has 0 aliphatic carbocycles. The number of hydrogen-bond acceptors (Lipinski definition) is 5. The number of carbonyl (C=O) groups is 1. The fourth-order valence-electron chi connectivity index (χ4n) is 5.86. The molecule has 8 nitrogen and oxygen atoms in total. The number of carbonyl (C=O) groups excluding carboxylic acids is 1. The summed E-state index contributed by atoms with van der Waals surface area (Å²) in [5.41, 5.74) is 11.9. The highest BCUT2D eigenvalue weighted by Crippen LogP contribution is 2.33. The number of amides is 2. The Labute approximate surface area is 262 Å². The average molecular weight is 592 g/mol. The number of anilines is 1. The number of aromatic amines is 1. The van der Waals surface area contributed by atoms with Crippen molar-refractivity contribution in [3.05, 3.63) is 126 Å². The van der Waals surface area contributed by atoms with E-state index in [9.17, 15) is 4.79 Å². The zero-order chi connectivity index (χ0) is 30.8. The van der Waals surface area contributed by atoms with Crippen molar-refractivity contribution in [3.8, 4) is 45.0 Å². The summed E-state index contributed by atoms with van der Waals surface area (Å²) in [5, 5.41) is 3.19. The second-order valence-electron chi connectivity index (χ2n) is 11.3. The molecule has 3 aromatic heterocycles. The fourth-order valence-corrected chi connectivity index (χ4v) is 5.86. The highest BCUT2D eigenvalue weighted by Gasteiger charge is 2.27. The minimum Gasteiger partial charge on any atom is -0.351 e. The van der Waals surface area contributed by atoms with Crippen molar-refractivity contribution in [2.75, 3.05) is 11.9 Å². The fraction of sp³-hybridized carbons (Fsp3) is 0.162. The molecule has 6 aromatic rings. The Hall–Kier alpha value is -5.63. The molecule has 2 amide bonds. The van der Waals surface area contributed by atoms with Crippen LogP contribution in [0, 0.1) is 6.92 Å². The van der Waals surface area contributed by atoms with E-state index >= 15 is 0 Å². The quantitative estimate of drug-likeness (QED) is 0.207. The zero-order valence-electron chi connectivity index (χ0n) is 25.3. The SMILES string of the molecule is CCc1cc(NC(=O)N2CCc3nc(-c4cccnc4)nc(-c4ccccc4C)c3C2)cc(-c2ccc(-c3c[nH]cn3)cc2)c1. The molecular weight excluding hydrogens is 558 g/mol. The third-order valence-electron chi connectivity index (χ3n) is 8.33. The van der Waals surface area contributed by atoms with Crippen molar-refractivity contribution in [1.82, 2.24) is 29.8 Å². The first-order valence-corrected chi connectivity index (χ1v) is 15.2. The Bertz CT molecular complexity index is 1970. The Morgan fingerprint density at radius 2 is 1.78 bits per heavy atom. The summed E-state index contributed by atoms with van der Waals surface area (Å²) in [6.07, 6.45) is 8.60. The second kappa shape index (κ2) is 12.2. The van der Waals surface area contributed by atoms with Crippen molar-refractivity contribution in [1.29, 1.82) is 0 Å². The number of hydrogen-bond donors (Lipinski definition) is 2. The zero-order valence-corrected chi connectivity index (χ0v) is 25.3. The summed E-state index contributed by atoms with van der Waals surface area (Å²) < 4.78 is 0. The number of nitrogens with zero attached hydrogens (tertiary/aromatic N) is 5.